The first-order chi connectivity index (χ1) is 5.38. The Balaban J connectivity index is 2.58. The van der Waals surface area contributed by atoms with Crippen molar-refractivity contribution in [1.29, 1.82) is 0 Å². The van der Waals surface area contributed by atoms with E-state index in [2.05, 4.69) is 6.07 Å². The van der Waals surface area contributed by atoms with Crippen LogP contribution in [0.2, 0.25) is 0 Å². The van der Waals surface area contributed by atoms with Gasteiger partial charge in [-0.3, -0.25) is 4.79 Å². The van der Waals surface area contributed by atoms with Gasteiger partial charge in [0.05, 0.1) is 0 Å². The number of aromatic nitrogens is 1. The molecule has 1 aliphatic rings. The van der Waals surface area contributed by atoms with Crippen LogP contribution in [0.3, 0.4) is 0 Å². The maximum atomic E-state index is 11.2. The van der Waals surface area contributed by atoms with Gasteiger partial charge in [0, 0.05) is 24.4 Å². The number of hydrogen-bond acceptors (Lipinski definition) is 1. The second-order valence-corrected chi connectivity index (χ2v) is 2.87. The maximum Gasteiger partial charge on any atom is 0.250 e. The molecular weight excluding hydrogens is 138 g/mol. The second kappa shape index (κ2) is 2.53. The highest BCUT2D eigenvalue weighted by Gasteiger charge is 2.07. The third kappa shape index (κ3) is 1.09. The minimum Gasteiger partial charge on any atom is -0.312 e. The van der Waals surface area contributed by atoms with Crippen LogP contribution in [0.4, 0.5) is 0 Å². The molecule has 11 heavy (non-hydrogen) atoms. The molecule has 1 radical (unpaired) electrons. The Kier molecular flexibility index (Phi) is 1.53. The van der Waals surface area contributed by atoms with E-state index in [-0.39, 0.29) is 5.56 Å². The van der Waals surface area contributed by atoms with Gasteiger partial charge in [-0.05, 0) is 25.3 Å². The van der Waals surface area contributed by atoms with E-state index in [1.807, 2.05) is 4.57 Å². The van der Waals surface area contributed by atoms with Gasteiger partial charge >= 0.3 is 0 Å². The normalized spacial score (nSPS) is 16.0. The summed E-state index contributed by atoms with van der Waals surface area (Å²) in [5.74, 6) is 0. The zero-order valence-corrected chi connectivity index (χ0v) is 6.34. The molecule has 1 aromatic heterocycles. The number of rotatable bonds is 0. The van der Waals surface area contributed by atoms with E-state index in [4.69, 9.17) is 0 Å². The van der Waals surface area contributed by atoms with Crippen molar-refractivity contribution in [3.05, 3.63) is 34.2 Å². The van der Waals surface area contributed by atoms with Crippen molar-refractivity contribution in [2.75, 3.05) is 0 Å². The van der Waals surface area contributed by atoms with Crippen molar-refractivity contribution < 1.29 is 0 Å². The highest BCUT2D eigenvalue weighted by atomic mass is 16.1. The summed E-state index contributed by atoms with van der Waals surface area (Å²) in [5, 5.41) is 0. The summed E-state index contributed by atoms with van der Waals surface area (Å²) in [6.45, 7) is 0.880. The van der Waals surface area contributed by atoms with E-state index in [1.165, 1.54) is 6.42 Å². The quantitative estimate of drug-likeness (QED) is 0.537. The van der Waals surface area contributed by atoms with Gasteiger partial charge in [-0.2, -0.15) is 0 Å². The van der Waals surface area contributed by atoms with Crippen LogP contribution < -0.4 is 5.56 Å². The van der Waals surface area contributed by atoms with E-state index < -0.39 is 0 Å². The lowest BCUT2D eigenvalue weighted by molar-refractivity contribution is 0.512. The second-order valence-electron chi connectivity index (χ2n) is 2.87. The van der Waals surface area contributed by atoms with E-state index in [1.54, 1.807) is 12.1 Å². The molecule has 0 saturated carbocycles. The third-order valence-electron chi connectivity index (χ3n) is 2.11. The van der Waals surface area contributed by atoms with Crippen LogP contribution in [0.1, 0.15) is 18.5 Å². The van der Waals surface area contributed by atoms with Crippen LogP contribution in [0.5, 0.6) is 0 Å². The number of hydrogen-bond donors (Lipinski definition) is 0. The molecule has 2 heterocycles. The Morgan fingerprint density at radius 1 is 1.45 bits per heavy atom. The van der Waals surface area contributed by atoms with E-state index in [0.29, 0.717) is 0 Å². The number of aryl methyl sites for hydroxylation is 1. The van der Waals surface area contributed by atoms with Crippen LogP contribution in [-0.2, 0) is 13.0 Å². The largest absolute Gasteiger partial charge is 0.312 e. The van der Waals surface area contributed by atoms with Crippen molar-refractivity contribution in [3.63, 3.8) is 0 Å². The van der Waals surface area contributed by atoms with E-state index in [9.17, 15) is 4.79 Å². The average Bonchev–Trinajstić information content (AvgIpc) is 2.06. The molecule has 0 spiro atoms. The SMILES string of the molecule is O=c1cc[c]c2n1CCCC2. The topological polar surface area (TPSA) is 22.0 Å². The van der Waals surface area contributed by atoms with Crippen LogP contribution >= 0.6 is 0 Å². The zero-order valence-electron chi connectivity index (χ0n) is 6.34. The van der Waals surface area contributed by atoms with Crippen molar-refractivity contribution in [2.45, 2.75) is 25.8 Å². The molecule has 1 aliphatic heterocycles. The van der Waals surface area contributed by atoms with Gasteiger partial charge in [0.15, 0.2) is 0 Å². The van der Waals surface area contributed by atoms with Crippen molar-refractivity contribution in [3.8, 4) is 0 Å². The highest BCUT2D eigenvalue weighted by molar-refractivity contribution is 5.06. The molecule has 1 aromatic rings. The third-order valence-corrected chi connectivity index (χ3v) is 2.11. The summed E-state index contributed by atoms with van der Waals surface area (Å²) in [5.41, 5.74) is 1.20. The minimum atomic E-state index is 0.124. The van der Waals surface area contributed by atoms with Crippen molar-refractivity contribution in [1.82, 2.24) is 4.57 Å². The number of fused-ring (bicyclic) bond motifs is 1. The van der Waals surface area contributed by atoms with Crippen LogP contribution in [0.25, 0.3) is 0 Å². The predicted octanol–water partition coefficient (Wildman–Crippen LogP) is 0.985. The summed E-state index contributed by atoms with van der Waals surface area (Å²) in [7, 11) is 0. The Hall–Kier alpha value is -1.05. The van der Waals surface area contributed by atoms with Gasteiger partial charge in [0.2, 0.25) is 0 Å². The molecule has 57 valence electrons. The Morgan fingerprint density at radius 3 is 3.18 bits per heavy atom. The molecule has 0 fully saturated rings. The summed E-state index contributed by atoms with van der Waals surface area (Å²) in [6.07, 6.45) is 3.33. The fraction of sp³-hybridized carbons (Fsp3) is 0.444. The fourth-order valence-electron chi connectivity index (χ4n) is 1.52. The van der Waals surface area contributed by atoms with Crippen LogP contribution in [-0.4, -0.2) is 4.57 Å². The highest BCUT2D eigenvalue weighted by Crippen LogP contribution is 2.09. The predicted molar refractivity (Wildman–Crippen MR) is 42.5 cm³/mol. The molecular formula is C9H10NO. The van der Waals surface area contributed by atoms with E-state index in [0.717, 1.165) is 25.1 Å². The lowest BCUT2D eigenvalue weighted by Gasteiger charge is -2.16. The molecule has 2 rings (SSSR count). The van der Waals surface area contributed by atoms with Gasteiger partial charge in [0.25, 0.3) is 5.56 Å². The smallest absolute Gasteiger partial charge is 0.250 e. The zero-order chi connectivity index (χ0) is 7.68. The molecule has 0 unspecified atom stereocenters. The molecule has 0 atom stereocenters. The average molecular weight is 148 g/mol. The summed E-state index contributed by atoms with van der Waals surface area (Å²) in [6, 6.07) is 6.39. The fourth-order valence-corrected chi connectivity index (χ4v) is 1.52. The summed E-state index contributed by atoms with van der Waals surface area (Å²) >= 11 is 0. The van der Waals surface area contributed by atoms with Crippen LogP contribution in [0.15, 0.2) is 16.9 Å². The number of pyridine rings is 1. The van der Waals surface area contributed by atoms with Gasteiger partial charge < -0.3 is 4.57 Å². The lowest BCUT2D eigenvalue weighted by atomic mass is 10.1. The minimum absolute atomic E-state index is 0.124. The van der Waals surface area contributed by atoms with E-state index >= 15 is 0 Å². The summed E-state index contributed by atoms with van der Waals surface area (Å²) < 4.78 is 1.82. The first-order valence-electron chi connectivity index (χ1n) is 3.98. The molecule has 0 amide bonds. The first-order valence-corrected chi connectivity index (χ1v) is 3.98. The Bertz CT molecular complexity index is 314. The van der Waals surface area contributed by atoms with Crippen molar-refractivity contribution in [2.24, 2.45) is 0 Å². The standard InChI is InChI=1S/C9H10NO/c11-9-6-3-5-8-4-1-2-7-10(8)9/h3,6H,1-2,4,7H2. The Labute approximate surface area is 65.5 Å². The molecule has 0 N–H and O–H groups in total. The van der Waals surface area contributed by atoms with Gasteiger partial charge in [0.1, 0.15) is 0 Å². The van der Waals surface area contributed by atoms with Gasteiger partial charge in [-0.1, -0.05) is 0 Å². The summed E-state index contributed by atoms with van der Waals surface area (Å²) in [4.78, 5) is 11.2. The molecule has 2 heteroatoms. The molecule has 0 aromatic carbocycles. The molecule has 0 saturated heterocycles. The van der Waals surface area contributed by atoms with Gasteiger partial charge in [-0.25, -0.2) is 0 Å². The van der Waals surface area contributed by atoms with Gasteiger partial charge in [-0.15, -0.1) is 0 Å². The Morgan fingerprint density at radius 2 is 2.36 bits per heavy atom. The van der Waals surface area contributed by atoms with Crippen molar-refractivity contribution >= 4 is 0 Å². The molecule has 0 aliphatic carbocycles. The number of nitrogens with zero attached hydrogens (tertiary/aromatic N) is 1. The molecule has 0 bridgehead atoms. The monoisotopic (exact) mass is 148 g/mol. The molecule has 2 nitrogen and oxygen atoms in total. The lowest BCUT2D eigenvalue weighted by Crippen LogP contribution is -2.25. The van der Waals surface area contributed by atoms with Crippen LogP contribution in [0, 0.1) is 6.07 Å². The maximum absolute atomic E-state index is 11.2. The first kappa shape index (κ1) is 6.65.